The molecule has 0 aliphatic rings. The summed E-state index contributed by atoms with van der Waals surface area (Å²) in [5.74, 6) is -0.330. The Hall–Kier alpha value is -2.24. The molecule has 0 atom stereocenters. The first-order valence-corrected chi connectivity index (χ1v) is 13.3. The lowest BCUT2D eigenvalue weighted by atomic mass is 10.0. The molecule has 0 unspecified atom stereocenters. The molecule has 0 aromatic heterocycles. The lowest BCUT2D eigenvalue weighted by Crippen LogP contribution is -2.06. The highest BCUT2D eigenvalue weighted by molar-refractivity contribution is 5.82. The number of halogens is 3. The van der Waals surface area contributed by atoms with Crippen molar-refractivity contribution in [3.8, 4) is 0 Å². The first kappa shape index (κ1) is 30.8. The predicted molar refractivity (Wildman–Crippen MR) is 140 cm³/mol. The minimum atomic E-state index is -3.99. The smallest absolute Gasteiger partial charge is 0.389 e. The van der Waals surface area contributed by atoms with Crippen molar-refractivity contribution in [2.24, 2.45) is 0 Å². The van der Waals surface area contributed by atoms with Crippen molar-refractivity contribution in [2.45, 2.75) is 103 Å². The van der Waals surface area contributed by atoms with Crippen LogP contribution in [0.15, 0.2) is 42.5 Å². The molecular formula is C29H44F3NO2. The quantitative estimate of drug-likeness (QED) is 0.0848. The van der Waals surface area contributed by atoms with Crippen LogP contribution in [-0.2, 0) is 9.53 Å². The fourth-order valence-electron chi connectivity index (χ4n) is 3.83. The van der Waals surface area contributed by atoms with Crippen LogP contribution in [0.5, 0.6) is 0 Å². The Morgan fingerprint density at radius 2 is 1.31 bits per heavy atom. The third kappa shape index (κ3) is 19.7. The van der Waals surface area contributed by atoms with E-state index in [1.54, 1.807) is 13.0 Å². The van der Waals surface area contributed by atoms with Crippen LogP contribution < -0.4 is 5.32 Å². The summed E-state index contributed by atoms with van der Waals surface area (Å²) < 4.78 is 41.0. The number of carbonyl (C=O) groups excluding carboxylic acids is 1. The monoisotopic (exact) mass is 495 g/mol. The van der Waals surface area contributed by atoms with Gasteiger partial charge in [0.1, 0.15) is 0 Å². The number of rotatable bonds is 20. The number of unbranched alkanes of at least 4 members (excludes halogenated alkanes) is 12. The third-order valence-corrected chi connectivity index (χ3v) is 5.80. The van der Waals surface area contributed by atoms with Crippen LogP contribution in [0, 0.1) is 0 Å². The van der Waals surface area contributed by atoms with Crippen molar-refractivity contribution in [1.82, 2.24) is 0 Å². The summed E-state index contributed by atoms with van der Waals surface area (Å²) in [5.41, 5.74) is 2.19. The van der Waals surface area contributed by atoms with E-state index in [-0.39, 0.29) is 12.4 Å². The number of hydrogen-bond acceptors (Lipinski definition) is 3. The van der Waals surface area contributed by atoms with Crippen LogP contribution in [0.4, 0.5) is 18.9 Å². The molecule has 1 aromatic carbocycles. The van der Waals surface area contributed by atoms with E-state index >= 15 is 0 Å². The first-order valence-electron chi connectivity index (χ1n) is 13.3. The predicted octanol–water partition coefficient (Wildman–Crippen LogP) is 9.25. The minimum Gasteiger partial charge on any atom is -0.463 e. The number of esters is 1. The van der Waals surface area contributed by atoms with Gasteiger partial charge in [-0.1, -0.05) is 101 Å². The molecule has 0 bridgehead atoms. The summed E-state index contributed by atoms with van der Waals surface area (Å²) in [6.07, 6.45) is 16.3. The zero-order chi connectivity index (χ0) is 25.6. The van der Waals surface area contributed by atoms with Gasteiger partial charge in [-0.15, -0.1) is 0 Å². The maximum atomic E-state index is 12.1. The maximum Gasteiger partial charge on any atom is 0.389 e. The molecule has 0 aliphatic heterocycles. The second-order valence-corrected chi connectivity index (χ2v) is 8.98. The number of benzene rings is 1. The van der Waals surface area contributed by atoms with E-state index in [1.807, 2.05) is 24.3 Å². The number of alkyl halides is 3. The van der Waals surface area contributed by atoms with Gasteiger partial charge in [-0.2, -0.15) is 13.2 Å². The number of allylic oxidation sites excluding steroid dienone is 2. The van der Waals surface area contributed by atoms with E-state index < -0.39 is 12.6 Å². The van der Waals surface area contributed by atoms with E-state index in [9.17, 15) is 18.0 Å². The SMILES string of the molecule is CCOC(=O)C=CC=Cc1ccc(NCCCCCCCCCCCCCCCC(F)(F)F)cc1. The third-order valence-electron chi connectivity index (χ3n) is 5.80. The zero-order valence-electron chi connectivity index (χ0n) is 21.4. The van der Waals surface area contributed by atoms with Gasteiger partial charge in [0.25, 0.3) is 0 Å². The fourth-order valence-corrected chi connectivity index (χ4v) is 3.83. The summed E-state index contributed by atoms with van der Waals surface area (Å²) in [4.78, 5) is 11.2. The molecule has 198 valence electrons. The summed E-state index contributed by atoms with van der Waals surface area (Å²) in [5, 5.41) is 3.46. The van der Waals surface area contributed by atoms with Crippen molar-refractivity contribution in [1.29, 1.82) is 0 Å². The van der Waals surface area contributed by atoms with E-state index in [0.717, 1.165) is 43.5 Å². The Kier molecular flexibility index (Phi) is 17.6. The van der Waals surface area contributed by atoms with Crippen molar-refractivity contribution in [2.75, 3.05) is 18.5 Å². The zero-order valence-corrected chi connectivity index (χ0v) is 21.4. The fraction of sp³-hybridized carbons (Fsp3) is 0.621. The Morgan fingerprint density at radius 1 is 0.800 bits per heavy atom. The average Bonchev–Trinajstić information content (AvgIpc) is 2.82. The van der Waals surface area contributed by atoms with Crippen LogP contribution in [0.25, 0.3) is 6.08 Å². The van der Waals surface area contributed by atoms with Gasteiger partial charge in [0.15, 0.2) is 0 Å². The van der Waals surface area contributed by atoms with Gasteiger partial charge in [0, 0.05) is 24.7 Å². The summed E-state index contributed by atoms with van der Waals surface area (Å²) in [6, 6.07) is 8.23. The molecule has 6 heteroatoms. The molecule has 1 rings (SSSR count). The van der Waals surface area contributed by atoms with Gasteiger partial charge in [-0.25, -0.2) is 4.79 Å². The van der Waals surface area contributed by atoms with Gasteiger partial charge in [0.2, 0.25) is 0 Å². The second-order valence-electron chi connectivity index (χ2n) is 8.98. The molecule has 0 aliphatic carbocycles. The van der Waals surface area contributed by atoms with Crippen LogP contribution >= 0.6 is 0 Å². The standard InChI is InChI=1S/C29H44F3NO2/c1-2-35-28(34)19-15-14-18-26-20-22-27(23-21-26)33-25-17-13-11-9-7-5-3-4-6-8-10-12-16-24-29(30,31)32/h14-15,18-23,33H,2-13,16-17,24-25H2,1H3. The van der Waals surface area contributed by atoms with Gasteiger partial charge < -0.3 is 10.1 Å². The van der Waals surface area contributed by atoms with Crippen molar-refractivity contribution < 1.29 is 22.7 Å². The Morgan fingerprint density at radius 3 is 1.83 bits per heavy atom. The van der Waals surface area contributed by atoms with Crippen molar-refractivity contribution in [3.63, 3.8) is 0 Å². The molecule has 0 saturated heterocycles. The molecule has 0 saturated carbocycles. The lowest BCUT2D eigenvalue weighted by Gasteiger charge is -2.07. The molecule has 0 amide bonds. The lowest BCUT2D eigenvalue weighted by molar-refractivity contribution is -0.137. The van der Waals surface area contributed by atoms with E-state index in [0.29, 0.717) is 13.0 Å². The highest BCUT2D eigenvalue weighted by atomic mass is 19.4. The molecule has 0 fully saturated rings. The first-order chi connectivity index (χ1) is 16.9. The van der Waals surface area contributed by atoms with Gasteiger partial charge >= 0.3 is 12.1 Å². The van der Waals surface area contributed by atoms with Crippen molar-refractivity contribution in [3.05, 3.63) is 48.1 Å². The molecule has 35 heavy (non-hydrogen) atoms. The van der Waals surface area contributed by atoms with E-state index in [4.69, 9.17) is 4.74 Å². The average molecular weight is 496 g/mol. The molecular weight excluding hydrogens is 451 g/mol. The summed E-state index contributed by atoms with van der Waals surface area (Å²) in [7, 11) is 0. The van der Waals surface area contributed by atoms with Crippen LogP contribution in [0.1, 0.15) is 102 Å². The molecule has 0 radical (unpaired) electrons. The number of carbonyl (C=O) groups is 1. The highest BCUT2D eigenvalue weighted by Crippen LogP contribution is 2.23. The molecule has 3 nitrogen and oxygen atoms in total. The number of anilines is 1. The largest absolute Gasteiger partial charge is 0.463 e. The van der Waals surface area contributed by atoms with Gasteiger partial charge in [-0.3, -0.25) is 0 Å². The normalized spacial score (nSPS) is 12.0. The second kappa shape index (κ2) is 20.0. The highest BCUT2D eigenvalue weighted by Gasteiger charge is 2.25. The van der Waals surface area contributed by atoms with E-state index in [1.165, 1.54) is 51.0 Å². The minimum absolute atomic E-state index is 0.280. The molecule has 1 aromatic rings. The van der Waals surface area contributed by atoms with Crippen molar-refractivity contribution >= 4 is 17.7 Å². The number of ether oxygens (including phenoxy) is 1. The van der Waals surface area contributed by atoms with Gasteiger partial charge in [0.05, 0.1) is 6.61 Å². The Bertz CT molecular complexity index is 712. The molecule has 0 heterocycles. The van der Waals surface area contributed by atoms with E-state index in [2.05, 4.69) is 17.4 Å². The number of nitrogens with one attached hydrogen (secondary N) is 1. The summed E-state index contributed by atoms with van der Waals surface area (Å²) in [6.45, 7) is 3.14. The topological polar surface area (TPSA) is 38.3 Å². The van der Waals surface area contributed by atoms with Gasteiger partial charge in [-0.05, 0) is 37.5 Å². The Labute approximate surface area is 210 Å². The summed E-state index contributed by atoms with van der Waals surface area (Å²) >= 11 is 0. The van der Waals surface area contributed by atoms with Crippen LogP contribution in [-0.4, -0.2) is 25.3 Å². The Balaban J connectivity index is 1.92. The van der Waals surface area contributed by atoms with Crippen LogP contribution in [0.3, 0.4) is 0 Å². The van der Waals surface area contributed by atoms with Crippen LogP contribution in [0.2, 0.25) is 0 Å². The molecule has 1 N–H and O–H groups in total. The maximum absolute atomic E-state index is 12.1. The molecule has 0 spiro atoms. The number of hydrogen-bond donors (Lipinski definition) is 1.